The Kier molecular flexibility index (Phi) is 4.52. The van der Waals surface area contributed by atoms with E-state index in [0.29, 0.717) is 0 Å². The number of carbonyl (C=O) groups is 2. The van der Waals surface area contributed by atoms with Crippen LogP contribution in [0.15, 0.2) is 24.3 Å². The van der Waals surface area contributed by atoms with Crippen LogP contribution in [0.4, 0.5) is 13.2 Å². The molecule has 0 bridgehead atoms. The first-order valence-electron chi connectivity index (χ1n) is 5.36. The molecule has 0 fully saturated rings. The Balaban J connectivity index is 2.75. The molecule has 0 saturated heterocycles. The summed E-state index contributed by atoms with van der Waals surface area (Å²) in [5.74, 6) is -1.57. The van der Waals surface area contributed by atoms with E-state index in [9.17, 15) is 22.8 Å². The first-order valence-corrected chi connectivity index (χ1v) is 5.36. The second kappa shape index (κ2) is 5.73. The van der Waals surface area contributed by atoms with Crippen LogP contribution in [-0.4, -0.2) is 35.5 Å². The maximum absolute atomic E-state index is 12.3. The van der Waals surface area contributed by atoms with Crippen LogP contribution in [0.1, 0.15) is 22.3 Å². The Labute approximate surface area is 107 Å². The predicted molar refractivity (Wildman–Crippen MR) is 60.7 cm³/mol. The van der Waals surface area contributed by atoms with Gasteiger partial charge in [-0.1, -0.05) is 0 Å². The number of rotatable bonds is 4. The van der Waals surface area contributed by atoms with Gasteiger partial charge < -0.3 is 10.0 Å². The molecule has 4 nitrogen and oxygen atoms in total. The van der Waals surface area contributed by atoms with E-state index in [0.717, 1.165) is 29.2 Å². The zero-order valence-corrected chi connectivity index (χ0v) is 10.1. The highest BCUT2D eigenvalue weighted by Gasteiger charge is 2.30. The lowest BCUT2D eigenvalue weighted by molar-refractivity contribution is -0.138. The molecule has 0 saturated carbocycles. The third-order valence-electron chi connectivity index (χ3n) is 2.47. The number of carboxylic acids is 1. The SMILES string of the molecule is CN(CCC(=O)O)C(=O)c1ccc(C(F)(F)F)cc1. The maximum atomic E-state index is 12.3. The smallest absolute Gasteiger partial charge is 0.416 e. The Morgan fingerprint density at radius 3 is 2.16 bits per heavy atom. The molecule has 0 aliphatic rings. The van der Waals surface area contributed by atoms with Crippen LogP contribution in [0.3, 0.4) is 0 Å². The number of alkyl halides is 3. The van der Waals surface area contributed by atoms with Crippen molar-refractivity contribution in [1.29, 1.82) is 0 Å². The highest BCUT2D eigenvalue weighted by Crippen LogP contribution is 2.29. The Bertz CT molecular complexity index is 468. The molecule has 1 N–H and O–H groups in total. The minimum absolute atomic E-state index is 0.00477. The average molecular weight is 275 g/mol. The lowest BCUT2D eigenvalue weighted by atomic mass is 10.1. The molecule has 1 aromatic rings. The van der Waals surface area contributed by atoms with Gasteiger partial charge in [0, 0.05) is 19.2 Å². The number of aliphatic carboxylic acids is 1. The standard InChI is InChI=1S/C12H12F3NO3/c1-16(7-6-10(17)18)11(19)8-2-4-9(5-3-8)12(13,14)15/h2-5H,6-7H2,1H3,(H,17,18). The van der Waals surface area contributed by atoms with Gasteiger partial charge in [-0.2, -0.15) is 13.2 Å². The fourth-order valence-corrected chi connectivity index (χ4v) is 1.39. The number of hydrogen-bond donors (Lipinski definition) is 1. The van der Waals surface area contributed by atoms with Crippen molar-refractivity contribution in [2.75, 3.05) is 13.6 Å². The maximum Gasteiger partial charge on any atom is 0.416 e. The molecule has 1 aromatic carbocycles. The molecule has 0 heterocycles. The molecule has 19 heavy (non-hydrogen) atoms. The van der Waals surface area contributed by atoms with Crippen molar-refractivity contribution < 1.29 is 27.9 Å². The molecule has 0 atom stereocenters. The fraction of sp³-hybridized carbons (Fsp3) is 0.333. The largest absolute Gasteiger partial charge is 0.481 e. The molecule has 1 rings (SSSR count). The van der Waals surface area contributed by atoms with Gasteiger partial charge in [-0.25, -0.2) is 0 Å². The Hall–Kier alpha value is -2.05. The lowest BCUT2D eigenvalue weighted by Gasteiger charge is -2.16. The summed E-state index contributed by atoms with van der Waals surface area (Å²) in [4.78, 5) is 23.3. The highest BCUT2D eigenvalue weighted by atomic mass is 19.4. The minimum Gasteiger partial charge on any atom is -0.481 e. The molecule has 1 amide bonds. The summed E-state index contributed by atoms with van der Waals surface area (Å²) in [6.45, 7) is -0.00477. The molecule has 0 aromatic heterocycles. The van der Waals surface area contributed by atoms with Crippen molar-refractivity contribution in [1.82, 2.24) is 4.90 Å². The normalized spacial score (nSPS) is 11.2. The second-order valence-corrected chi connectivity index (χ2v) is 3.95. The van der Waals surface area contributed by atoms with E-state index >= 15 is 0 Å². The van der Waals surface area contributed by atoms with Crippen molar-refractivity contribution in [3.8, 4) is 0 Å². The summed E-state index contributed by atoms with van der Waals surface area (Å²) in [6, 6.07) is 3.78. The van der Waals surface area contributed by atoms with Gasteiger partial charge in [0.15, 0.2) is 0 Å². The van der Waals surface area contributed by atoms with Gasteiger partial charge in [-0.3, -0.25) is 9.59 Å². The molecule has 7 heteroatoms. The van der Waals surface area contributed by atoms with Crippen molar-refractivity contribution in [3.63, 3.8) is 0 Å². The summed E-state index contributed by atoms with van der Waals surface area (Å²) < 4.78 is 37.0. The van der Waals surface area contributed by atoms with Gasteiger partial charge in [0.25, 0.3) is 5.91 Å². The number of hydrogen-bond acceptors (Lipinski definition) is 2. The van der Waals surface area contributed by atoms with Crippen LogP contribution in [0, 0.1) is 0 Å². The number of amides is 1. The molecule has 0 spiro atoms. The fourth-order valence-electron chi connectivity index (χ4n) is 1.39. The highest BCUT2D eigenvalue weighted by molar-refractivity contribution is 5.94. The van der Waals surface area contributed by atoms with Crippen LogP contribution in [0.2, 0.25) is 0 Å². The molecule has 0 radical (unpaired) electrons. The Morgan fingerprint density at radius 1 is 1.21 bits per heavy atom. The number of carboxylic acid groups (broad SMARTS) is 1. The number of benzene rings is 1. The summed E-state index contributed by atoms with van der Waals surface area (Å²) in [6.07, 6.45) is -4.67. The lowest BCUT2D eigenvalue weighted by Crippen LogP contribution is -2.29. The van der Waals surface area contributed by atoms with Crippen LogP contribution in [0.25, 0.3) is 0 Å². The van der Waals surface area contributed by atoms with E-state index in [1.54, 1.807) is 0 Å². The van der Waals surface area contributed by atoms with E-state index in [-0.39, 0.29) is 18.5 Å². The molecule has 104 valence electrons. The van der Waals surface area contributed by atoms with Crippen molar-refractivity contribution in [3.05, 3.63) is 35.4 Å². The molecule has 0 aliphatic heterocycles. The average Bonchev–Trinajstić information content (AvgIpc) is 2.34. The zero-order valence-electron chi connectivity index (χ0n) is 10.1. The molecule has 0 unspecified atom stereocenters. The van der Waals surface area contributed by atoms with E-state index in [4.69, 9.17) is 5.11 Å². The first kappa shape index (κ1) is 15.0. The van der Waals surface area contributed by atoms with Gasteiger partial charge in [0.1, 0.15) is 0 Å². The van der Waals surface area contributed by atoms with Gasteiger partial charge in [0.05, 0.1) is 12.0 Å². The molecular formula is C12H12F3NO3. The van der Waals surface area contributed by atoms with Crippen molar-refractivity contribution >= 4 is 11.9 Å². The Morgan fingerprint density at radius 2 is 1.74 bits per heavy atom. The predicted octanol–water partition coefficient (Wildman–Crippen LogP) is 2.25. The van der Waals surface area contributed by atoms with E-state index in [1.807, 2.05) is 0 Å². The minimum atomic E-state index is -4.45. The van der Waals surface area contributed by atoms with E-state index in [1.165, 1.54) is 7.05 Å². The van der Waals surface area contributed by atoms with E-state index < -0.39 is 23.6 Å². The quantitative estimate of drug-likeness (QED) is 0.916. The second-order valence-electron chi connectivity index (χ2n) is 3.95. The van der Waals surface area contributed by atoms with Crippen molar-refractivity contribution in [2.45, 2.75) is 12.6 Å². The van der Waals surface area contributed by atoms with E-state index in [2.05, 4.69) is 0 Å². The van der Waals surface area contributed by atoms with Crippen LogP contribution < -0.4 is 0 Å². The monoisotopic (exact) mass is 275 g/mol. The van der Waals surface area contributed by atoms with Gasteiger partial charge in [0.2, 0.25) is 0 Å². The van der Waals surface area contributed by atoms with Crippen LogP contribution in [0.5, 0.6) is 0 Å². The first-order chi connectivity index (χ1) is 8.71. The molecular weight excluding hydrogens is 263 g/mol. The summed E-state index contributed by atoms with van der Waals surface area (Å²) >= 11 is 0. The third kappa shape index (κ3) is 4.27. The van der Waals surface area contributed by atoms with Crippen LogP contribution in [-0.2, 0) is 11.0 Å². The third-order valence-corrected chi connectivity index (χ3v) is 2.47. The van der Waals surface area contributed by atoms with Crippen LogP contribution >= 0.6 is 0 Å². The summed E-state index contributed by atoms with van der Waals surface area (Å²) in [5, 5.41) is 8.48. The van der Waals surface area contributed by atoms with Gasteiger partial charge in [-0.15, -0.1) is 0 Å². The van der Waals surface area contributed by atoms with Crippen molar-refractivity contribution in [2.24, 2.45) is 0 Å². The number of nitrogens with zero attached hydrogens (tertiary/aromatic N) is 1. The van der Waals surface area contributed by atoms with Gasteiger partial charge >= 0.3 is 12.1 Å². The number of carbonyl (C=O) groups excluding carboxylic acids is 1. The molecule has 0 aliphatic carbocycles. The summed E-state index contributed by atoms with van der Waals surface area (Å²) in [5.41, 5.74) is -0.752. The zero-order chi connectivity index (χ0) is 14.6. The topological polar surface area (TPSA) is 57.6 Å². The van der Waals surface area contributed by atoms with Gasteiger partial charge in [-0.05, 0) is 24.3 Å². The summed E-state index contributed by atoms with van der Waals surface area (Å²) in [7, 11) is 1.39. The number of halogens is 3.